The molecule has 0 saturated carbocycles. The van der Waals surface area contributed by atoms with Gasteiger partial charge in [-0.2, -0.15) is 0 Å². The Kier molecular flexibility index (Phi) is 7.28. The Hall–Kier alpha value is -1.80. The standard InChI is InChI=1S/C18H20N4OS2.ClH/c1-11-3-5-13(6-4-11)9-15-12(2)20-18(25-15)22-17(23)14-10-24-16(21-14)7-8-19;/h3-6,10H,7-9,19H2,1-2H3,(H,20,22,23);1H. The lowest BCUT2D eigenvalue weighted by molar-refractivity contribution is 0.102. The number of carbonyl (C=O) groups is 1. The van der Waals surface area contributed by atoms with Gasteiger partial charge in [0.2, 0.25) is 0 Å². The molecule has 8 heteroatoms. The van der Waals surface area contributed by atoms with Crippen LogP contribution in [0.5, 0.6) is 0 Å². The lowest BCUT2D eigenvalue weighted by atomic mass is 10.1. The average molecular weight is 409 g/mol. The van der Waals surface area contributed by atoms with Crippen molar-refractivity contribution in [3.63, 3.8) is 0 Å². The van der Waals surface area contributed by atoms with Crippen LogP contribution in [-0.4, -0.2) is 22.4 Å². The highest BCUT2D eigenvalue weighted by Crippen LogP contribution is 2.26. The van der Waals surface area contributed by atoms with Crippen molar-refractivity contribution in [1.29, 1.82) is 0 Å². The van der Waals surface area contributed by atoms with E-state index in [1.165, 1.54) is 33.8 Å². The first-order chi connectivity index (χ1) is 12.0. The summed E-state index contributed by atoms with van der Waals surface area (Å²) in [4.78, 5) is 22.3. The van der Waals surface area contributed by atoms with Crippen LogP contribution in [0.25, 0.3) is 0 Å². The largest absolute Gasteiger partial charge is 0.330 e. The zero-order valence-electron chi connectivity index (χ0n) is 14.6. The molecule has 2 aromatic heterocycles. The molecule has 0 bridgehead atoms. The van der Waals surface area contributed by atoms with Crippen LogP contribution >= 0.6 is 35.1 Å². The van der Waals surface area contributed by atoms with Gasteiger partial charge >= 0.3 is 0 Å². The van der Waals surface area contributed by atoms with E-state index >= 15 is 0 Å². The van der Waals surface area contributed by atoms with Crippen LogP contribution in [0.3, 0.4) is 0 Å². The first-order valence-corrected chi connectivity index (χ1v) is 9.72. The Labute approximate surface area is 167 Å². The number of anilines is 1. The van der Waals surface area contributed by atoms with Crippen LogP contribution in [-0.2, 0) is 12.8 Å². The van der Waals surface area contributed by atoms with E-state index in [2.05, 4.69) is 46.5 Å². The van der Waals surface area contributed by atoms with E-state index in [-0.39, 0.29) is 18.3 Å². The van der Waals surface area contributed by atoms with Gasteiger partial charge in [-0.25, -0.2) is 9.97 Å². The highest BCUT2D eigenvalue weighted by Gasteiger charge is 2.14. The van der Waals surface area contributed by atoms with E-state index in [0.29, 0.717) is 23.8 Å². The van der Waals surface area contributed by atoms with E-state index < -0.39 is 0 Å². The molecule has 5 nitrogen and oxygen atoms in total. The number of aromatic nitrogens is 2. The topological polar surface area (TPSA) is 80.9 Å². The van der Waals surface area contributed by atoms with Crippen LogP contribution in [0.15, 0.2) is 29.6 Å². The number of halogens is 1. The second kappa shape index (κ2) is 9.23. The van der Waals surface area contributed by atoms with E-state index in [1.807, 2.05) is 6.92 Å². The highest BCUT2D eigenvalue weighted by molar-refractivity contribution is 7.16. The van der Waals surface area contributed by atoms with Crippen LogP contribution in [0.1, 0.15) is 37.2 Å². The van der Waals surface area contributed by atoms with Gasteiger partial charge in [-0.3, -0.25) is 10.1 Å². The van der Waals surface area contributed by atoms with Gasteiger partial charge in [-0.05, 0) is 26.0 Å². The van der Waals surface area contributed by atoms with Crippen molar-refractivity contribution in [1.82, 2.24) is 9.97 Å². The Balaban J connectivity index is 0.00000243. The first-order valence-electron chi connectivity index (χ1n) is 8.03. The summed E-state index contributed by atoms with van der Waals surface area (Å²) in [5, 5.41) is 6.10. The number of aryl methyl sites for hydroxylation is 2. The van der Waals surface area contributed by atoms with Crippen molar-refractivity contribution in [3.05, 3.63) is 62.0 Å². The maximum absolute atomic E-state index is 12.3. The first kappa shape index (κ1) is 20.5. The summed E-state index contributed by atoms with van der Waals surface area (Å²) in [5.74, 6) is -0.227. The van der Waals surface area contributed by atoms with Crippen LogP contribution in [0.4, 0.5) is 5.13 Å². The number of carbonyl (C=O) groups excluding carboxylic acids is 1. The normalized spacial score (nSPS) is 10.4. The van der Waals surface area contributed by atoms with Gasteiger partial charge in [0, 0.05) is 23.1 Å². The molecular weight excluding hydrogens is 388 g/mol. The summed E-state index contributed by atoms with van der Waals surface area (Å²) in [6.07, 6.45) is 1.51. The molecule has 0 fully saturated rings. The molecule has 2 heterocycles. The number of hydrogen-bond donors (Lipinski definition) is 2. The third-order valence-electron chi connectivity index (χ3n) is 3.74. The molecule has 138 valence electrons. The fourth-order valence-corrected chi connectivity index (χ4v) is 4.14. The monoisotopic (exact) mass is 408 g/mol. The quantitative estimate of drug-likeness (QED) is 0.646. The van der Waals surface area contributed by atoms with Gasteiger partial charge in [-0.15, -0.1) is 35.1 Å². The van der Waals surface area contributed by atoms with Crippen molar-refractivity contribution >= 4 is 46.1 Å². The lowest BCUT2D eigenvalue weighted by Crippen LogP contribution is -2.12. The molecule has 0 unspecified atom stereocenters. The molecule has 0 atom stereocenters. The fourth-order valence-electron chi connectivity index (χ4n) is 2.35. The summed E-state index contributed by atoms with van der Waals surface area (Å²) in [7, 11) is 0. The molecule has 3 rings (SSSR count). The van der Waals surface area contributed by atoms with Gasteiger partial charge in [-0.1, -0.05) is 29.8 Å². The number of benzene rings is 1. The SMILES string of the molecule is Cc1ccc(Cc2sc(NC(=O)c3csc(CCN)n3)nc2C)cc1.Cl. The third kappa shape index (κ3) is 5.11. The van der Waals surface area contributed by atoms with Crippen molar-refractivity contribution < 1.29 is 4.79 Å². The number of hydrogen-bond acceptors (Lipinski definition) is 6. The molecule has 1 aromatic carbocycles. The molecule has 26 heavy (non-hydrogen) atoms. The number of nitrogens with zero attached hydrogens (tertiary/aromatic N) is 2. The zero-order valence-corrected chi connectivity index (χ0v) is 17.1. The van der Waals surface area contributed by atoms with Crippen molar-refractivity contribution in [3.8, 4) is 0 Å². The van der Waals surface area contributed by atoms with E-state index in [0.717, 1.165) is 22.0 Å². The van der Waals surface area contributed by atoms with Gasteiger partial charge < -0.3 is 5.73 Å². The summed E-state index contributed by atoms with van der Waals surface area (Å²) < 4.78 is 0. The van der Waals surface area contributed by atoms with Gasteiger partial charge in [0.05, 0.1) is 10.7 Å². The lowest BCUT2D eigenvalue weighted by Gasteiger charge is -2.00. The number of thiazole rings is 2. The molecule has 0 spiro atoms. The van der Waals surface area contributed by atoms with E-state index in [4.69, 9.17) is 5.73 Å². The maximum Gasteiger partial charge on any atom is 0.276 e. The molecule has 0 aliphatic rings. The number of nitrogens with two attached hydrogens (primary N) is 1. The van der Waals surface area contributed by atoms with Gasteiger partial charge in [0.15, 0.2) is 5.13 Å². The van der Waals surface area contributed by atoms with Crippen LogP contribution in [0.2, 0.25) is 0 Å². The summed E-state index contributed by atoms with van der Waals surface area (Å²) >= 11 is 2.97. The second-order valence-electron chi connectivity index (χ2n) is 5.81. The number of nitrogens with one attached hydrogen (secondary N) is 1. The van der Waals surface area contributed by atoms with Crippen molar-refractivity contribution in [2.24, 2.45) is 5.73 Å². The molecule has 3 N–H and O–H groups in total. The smallest absolute Gasteiger partial charge is 0.276 e. The number of amides is 1. The molecule has 0 saturated heterocycles. The second-order valence-corrected chi connectivity index (χ2v) is 7.84. The summed E-state index contributed by atoms with van der Waals surface area (Å²) in [6, 6.07) is 8.47. The van der Waals surface area contributed by atoms with Gasteiger partial charge in [0.1, 0.15) is 5.69 Å². The fraction of sp³-hybridized carbons (Fsp3) is 0.278. The maximum atomic E-state index is 12.3. The minimum atomic E-state index is -0.227. The minimum Gasteiger partial charge on any atom is -0.330 e. The Morgan fingerprint density at radius 2 is 1.92 bits per heavy atom. The molecule has 3 aromatic rings. The predicted octanol–water partition coefficient (Wildman–Crippen LogP) is 3.98. The minimum absolute atomic E-state index is 0. The Morgan fingerprint density at radius 1 is 1.19 bits per heavy atom. The third-order valence-corrected chi connectivity index (χ3v) is 5.72. The van der Waals surface area contributed by atoms with Crippen LogP contribution < -0.4 is 11.1 Å². The predicted molar refractivity (Wildman–Crippen MR) is 111 cm³/mol. The summed E-state index contributed by atoms with van der Waals surface area (Å²) in [6.45, 7) is 4.58. The molecule has 0 aliphatic heterocycles. The number of rotatable bonds is 6. The van der Waals surface area contributed by atoms with E-state index in [9.17, 15) is 4.79 Å². The Bertz CT molecular complexity index is 874. The molecule has 0 radical (unpaired) electrons. The van der Waals surface area contributed by atoms with Crippen molar-refractivity contribution in [2.45, 2.75) is 26.7 Å². The van der Waals surface area contributed by atoms with E-state index in [1.54, 1.807) is 5.38 Å². The van der Waals surface area contributed by atoms with Crippen molar-refractivity contribution in [2.75, 3.05) is 11.9 Å². The highest BCUT2D eigenvalue weighted by atomic mass is 35.5. The van der Waals surface area contributed by atoms with Gasteiger partial charge in [0.25, 0.3) is 5.91 Å². The average Bonchev–Trinajstić information content (AvgIpc) is 3.17. The molecule has 1 amide bonds. The Morgan fingerprint density at radius 3 is 2.62 bits per heavy atom. The molecule has 0 aliphatic carbocycles. The molecular formula is C18H21ClN4OS2. The van der Waals surface area contributed by atoms with Crippen LogP contribution in [0, 0.1) is 13.8 Å². The summed E-state index contributed by atoms with van der Waals surface area (Å²) in [5.41, 5.74) is 9.37. The zero-order chi connectivity index (χ0) is 17.8.